The molecule has 182 valence electrons. The van der Waals surface area contributed by atoms with Crippen LogP contribution in [-0.4, -0.2) is 59.9 Å². The highest BCUT2D eigenvalue weighted by Crippen LogP contribution is 2.28. The first-order valence-corrected chi connectivity index (χ1v) is 11.8. The van der Waals surface area contributed by atoms with E-state index >= 15 is 0 Å². The third-order valence-electron chi connectivity index (χ3n) is 5.63. The van der Waals surface area contributed by atoms with Crippen molar-refractivity contribution in [2.24, 2.45) is 0 Å². The van der Waals surface area contributed by atoms with Gasteiger partial charge in [0.05, 0.1) is 15.9 Å². The van der Waals surface area contributed by atoms with Crippen LogP contribution in [-0.2, 0) is 24.3 Å². The highest BCUT2D eigenvalue weighted by atomic mass is 32.2. The second-order valence-electron chi connectivity index (χ2n) is 8.14. The van der Waals surface area contributed by atoms with Crippen LogP contribution in [0.5, 0.6) is 0 Å². The molecule has 34 heavy (non-hydrogen) atoms. The number of anilines is 1. The van der Waals surface area contributed by atoms with Crippen LogP contribution < -0.4 is 5.32 Å². The summed E-state index contributed by atoms with van der Waals surface area (Å²) >= 11 is 0. The van der Waals surface area contributed by atoms with E-state index in [2.05, 4.69) is 5.32 Å². The van der Waals surface area contributed by atoms with Crippen molar-refractivity contribution in [3.63, 3.8) is 0 Å². The second-order valence-corrected chi connectivity index (χ2v) is 10.0. The summed E-state index contributed by atoms with van der Waals surface area (Å²) < 4.78 is 32.2. The molecule has 0 aromatic heterocycles. The van der Waals surface area contributed by atoms with Crippen molar-refractivity contribution in [3.8, 4) is 0 Å². The minimum Gasteiger partial charge on any atom is -0.454 e. The fraction of sp³-hybridized carbons (Fsp3) is 0.364. The Bertz CT molecular complexity index is 1240. The molecule has 1 saturated heterocycles. The average Bonchev–Trinajstić information content (AvgIpc) is 3.17. The Morgan fingerprint density at radius 1 is 1.15 bits per heavy atom. The molecule has 1 heterocycles. The number of nitro groups is 1. The van der Waals surface area contributed by atoms with Gasteiger partial charge in [-0.2, -0.15) is 4.31 Å². The number of carbonyl (C=O) groups is 2. The molecule has 1 amide bonds. The van der Waals surface area contributed by atoms with Gasteiger partial charge in [0.1, 0.15) is 6.04 Å². The molecule has 2 aromatic carbocycles. The number of non-ortho nitro benzene ring substituents is 1. The zero-order valence-electron chi connectivity index (χ0n) is 18.8. The topological polar surface area (TPSA) is 156 Å². The number of nitro benzene ring substituents is 1. The summed E-state index contributed by atoms with van der Waals surface area (Å²) in [6.45, 7) is 4.21. The first kappa shape index (κ1) is 25.3. The zero-order chi connectivity index (χ0) is 25.2. The molecular formula is C22H25N3O8S. The molecule has 0 bridgehead atoms. The molecule has 0 saturated carbocycles. The molecule has 11 nitrogen and oxygen atoms in total. The SMILES string of the molecule is Cc1ccc(S(=O)(=O)N2CC(O)CC2C(=O)OCC(=O)Nc2ccc([N+](=O)[O-])cc2C)cc1C. The fourth-order valence-corrected chi connectivity index (χ4v) is 5.31. The third kappa shape index (κ3) is 5.41. The van der Waals surface area contributed by atoms with E-state index in [1.54, 1.807) is 19.9 Å². The number of β-amino-alcohol motifs (C(OH)–C–C–N with tert-alkyl or cyclic N) is 1. The molecule has 1 aliphatic rings. The molecule has 0 aliphatic carbocycles. The van der Waals surface area contributed by atoms with Gasteiger partial charge in [0.15, 0.2) is 6.61 Å². The van der Waals surface area contributed by atoms with Gasteiger partial charge in [0.2, 0.25) is 10.0 Å². The van der Waals surface area contributed by atoms with Crippen molar-refractivity contribution in [2.75, 3.05) is 18.5 Å². The van der Waals surface area contributed by atoms with Crippen LogP contribution in [0.3, 0.4) is 0 Å². The van der Waals surface area contributed by atoms with Gasteiger partial charge in [-0.1, -0.05) is 6.07 Å². The standard InChI is InChI=1S/C22H25N3O8S/c1-13-4-6-18(9-14(13)2)34(31,32)24-11-17(26)10-20(24)22(28)33-12-21(27)23-19-7-5-16(25(29)30)8-15(19)3/h4-9,17,20,26H,10-12H2,1-3H3,(H,23,27). The Morgan fingerprint density at radius 3 is 2.47 bits per heavy atom. The molecule has 2 N–H and O–H groups in total. The quantitative estimate of drug-likeness (QED) is 0.337. The maximum absolute atomic E-state index is 13.1. The average molecular weight is 492 g/mol. The van der Waals surface area contributed by atoms with Gasteiger partial charge in [-0.25, -0.2) is 8.42 Å². The van der Waals surface area contributed by atoms with Crippen LogP contribution in [0, 0.1) is 30.9 Å². The lowest BCUT2D eigenvalue weighted by atomic mass is 10.1. The van der Waals surface area contributed by atoms with Crippen molar-refractivity contribution in [2.45, 2.75) is 44.2 Å². The van der Waals surface area contributed by atoms with Crippen LogP contribution in [0.1, 0.15) is 23.1 Å². The highest BCUT2D eigenvalue weighted by Gasteiger charge is 2.44. The summed E-state index contributed by atoms with van der Waals surface area (Å²) in [5.74, 6) is -1.66. The number of carbonyl (C=O) groups excluding carboxylic acids is 2. The predicted molar refractivity (Wildman–Crippen MR) is 122 cm³/mol. The predicted octanol–water partition coefficient (Wildman–Crippen LogP) is 1.83. The normalized spacial score (nSPS) is 18.5. The first-order valence-electron chi connectivity index (χ1n) is 10.4. The van der Waals surface area contributed by atoms with Gasteiger partial charge in [-0.15, -0.1) is 0 Å². The molecule has 0 spiro atoms. The van der Waals surface area contributed by atoms with Crippen LogP contribution in [0.4, 0.5) is 11.4 Å². The van der Waals surface area contributed by atoms with E-state index in [1.165, 1.54) is 30.3 Å². The van der Waals surface area contributed by atoms with Gasteiger partial charge >= 0.3 is 5.97 Å². The van der Waals surface area contributed by atoms with Crippen LogP contribution in [0.25, 0.3) is 0 Å². The number of amides is 1. The number of rotatable bonds is 7. The van der Waals surface area contributed by atoms with Crippen LogP contribution in [0.15, 0.2) is 41.3 Å². The number of benzene rings is 2. The Kier molecular flexibility index (Phi) is 7.34. The monoisotopic (exact) mass is 491 g/mol. The molecular weight excluding hydrogens is 466 g/mol. The number of nitrogens with zero attached hydrogens (tertiary/aromatic N) is 2. The zero-order valence-corrected chi connectivity index (χ0v) is 19.7. The van der Waals surface area contributed by atoms with Gasteiger partial charge < -0.3 is 15.2 Å². The Labute approximate surface area is 196 Å². The van der Waals surface area contributed by atoms with Gasteiger partial charge in [-0.05, 0) is 55.7 Å². The minimum absolute atomic E-state index is 0.00566. The summed E-state index contributed by atoms with van der Waals surface area (Å²) in [5.41, 5.74) is 2.29. The maximum Gasteiger partial charge on any atom is 0.325 e. The Hall–Kier alpha value is -3.35. The van der Waals surface area contributed by atoms with E-state index in [4.69, 9.17) is 4.74 Å². The van der Waals surface area contributed by atoms with E-state index in [-0.39, 0.29) is 23.5 Å². The molecule has 1 aliphatic heterocycles. The summed E-state index contributed by atoms with van der Waals surface area (Å²) in [6, 6.07) is 7.18. The number of ether oxygens (including phenoxy) is 1. The maximum atomic E-state index is 13.1. The van der Waals surface area contributed by atoms with E-state index in [0.717, 1.165) is 15.4 Å². The number of hydrogen-bond acceptors (Lipinski definition) is 8. The van der Waals surface area contributed by atoms with E-state index in [0.29, 0.717) is 11.3 Å². The number of aliphatic hydroxyl groups excluding tert-OH is 1. The van der Waals surface area contributed by atoms with Gasteiger partial charge in [0.25, 0.3) is 11.6 Å². The summed E-state index contributed by atoms with van der Waals surface area (Å²) in [4.78, 5) is 35.1. The van der Waals surface area contributed by atoms with Crippen molar-refractivity contribution in [3.05, 3.63) is 63.2 Å². The van der Waals surface area contributed by atoms with Crippen molar-refractivity contribution in [1.82, 2.24) is 4.31 Å². The van der Waals surface area contributed by atoms with E-state index < -0.39 is 45.6 Å². The minimum atomic E-state index is -4.09. The summed E-state index contributed by atoms with van der Waals surface area (Å²) in [7, 11) is -4.09. The van der Waals surface area contributed by atoms with E-state index in [1.807, 2.05) is 6.92 Å². The first-order chi connectivity index (χ1) is 15.9. The Balaban J connectivity index is 1.68. The molecule has 3 rings (SSSR count). The molecule has 2 aromatic rings. The molecule has 2 unspecified atom stereocenters. The molecule has 12 heteroatoms. The lowest BCUT2D eigenvalue weighted by Crippen LogP contribution is -2.42. The number of aryl methyl sites for hydroxylation is 3. The fourth-order valence-electron chi connectivity index (χ4n) is 3.59. The lowest BCUT2D eigenvalue weighted by molar-refractivity contribution is -0.384. The Morgan fingerprint density at radius 2 is 1.85 bits per heavy atom. The van der Waals surface area contributed by atoms with E-state index in [9.17, 15) is 33.2 Å². The van der Waals surface area contributed by atoms with Crippen LogP contribution >= 0.6 is 0 Å². The smallest absolute Gasteiger partial charge is 0.325 e. The molecule has 0 radical (unpaired) electrons. The van der Waals surface area contributed by atoms with Gasteiger partial charge in [-0.3, -0.25) is 19.7 Å². The number of sulfonamides is 1. The second kappa shape index (κ2) is 9.87. The lowest BCUT2D eigenvalue weighted by Gasteiger charge is -2.22. The number of nitrogens with one attached hydrogen (secondary N) is 1. The van der Waals surface area contributed by atoms with Crippen molar-refractivity contribution in [1.29, 1.82) is 0 Å². The van der Waals surface area contributed by atoms with Crippen molar-refractivity contribution < 1.29 is 32.8 Å². The largest absolute Gasteiger partial charge is 0.454 e. The summed E-state index contributed by atoms with van der Waals surface area (Å²) in [5, 5.41) is 23.4. The molecule has 1 fully saturated rings. The van der Waals surface area contributed by atoms with Gasteiger partial charge in [0, 0.05) is 30.8 Å². The highest BCUT2D eigenvalue weighted by molar-refractivity contribution is 7.89. The number of esters is 1. The number of hydrogen-bond donors (Lipinski definition) is 2. The molecule has 2 atom stereocenters. The van der Waals surface area contributed by atoms with Crippen LogP contribution in [0.2, 0.25) is 0 Å². The summed E-state index contributed by atoms with van der Waals surface area (Å²) in [6.07, 6.45) is -1.22. The number of aliphatic hydroxyl groups is 1. The third-order valence-corrected chi connectivity index (χ3v) is 7.50. The van der Waals surface area contributed by atoms with Crippen molar-refractivity contribution >= 4 is 33.3 Å².